The normalized spacial score (nSPS) is 25.3. The minimum Gasteiger partial charge on any atom is -0.403 e. The molecule has 0 amide bonds. The summed E-state index contributed by atoms with van der Waals surface area (Å²) in [5.41, 5.74) is -0.611. The monoisotopic (exact) mass is 324 g/mol. The first kappa shape index (κ1) is 13.4. The summed E-state index contributed by atoms with van der Waals surface area (Å²) in [6.45, 7) is 10.1. The van der Waals surface area contributed by atoms with E-state index in [1.165, 1.54) is 0 Å². The van der Waals surface area contributed by atoms with Crippen LogP contribution in [-0.2, 0) is 14.1 Å². The van der Waals surface area contributed by atoms with Crippen molar-refractivity contribution < 1.29 is 14.1 Å². The van der Waals surface area contributed by atoms with Gasteiger partial charge in [0.2, 0.25) is 0 Å². The van der Waals surface area contributed by atoms with Crippen molar-refractivity contribution in [2.75, 3.05) is 0 Å². The molecule has 1 fully saturated rings. The second-order valence-electron chi connectivity index (χ2n) is 5.16. The van der Waals surface area contributed by atoms with Crippen molar-refractivity contribution >= 4 is 33.5 Å². The van der Waals surface area contributed by atoms with Gasteiger partial charge in [-0.3, -0.25) is 4.79 Å². The molecule has 1 aliphatic rings. The first-order valence-corrected chi connectivity index (χ1v) is 6.27. The van der Waals surface area contributed by atoms with Gasteiger partial charge >= 0.3 is 7.12 Å². The molecule has 0 saturated carbocycles. The summed E-state index contributed by atoms with van der Waals surface area (Å²) in [4.78, 5) is 11.0. The van der Waals surface area contributed by atoms with Gasteiger partial charge in [0.1, 0.15) is 0 Å². The van der Waals surface area contributed by atoms with Crippen molar-refractivity contribution in [1.29, 1.82) is 0 Å². The summed E-state index contributed by atoms with van der Waals surface area (Å²) < 4.78 is 11.8. The van der Waals surface area contributed by atoms with Crippen LogP contribution in [0.15, 0.2) is 0 Å². The molecule has 1 atom stereocenters. The zero-order valence-electron chi connectivity index (χ0n) is 9.96. The van der Waals surface area contributed by atoms with Crippen molar-refractivity contribution in [2.45, 2.75) is 58.1 Å². The summed E-state index contributed by atoms with van der Waals surface area (Å²) in [5.74, 6) is 0.107. The molecule has 0 aromatic rings. The summed E-state index contributed by atoms with van der Waals surface area (Å²) in [6.07, 6.45) is 0.497. The Morgan fingerprint density at radius 2 is 1.67 bits per heavy atom. The van der Waals surface area contributed by atoms with E-state index in [1.54, 1.807) is 0 Å². The van der Waals surface area contributed by atoms with Gasteiger partial charge in [-0.2, -0.15) is 0 Å². The number of hydrogen-bond donors (Lipinski definition) is 0. The molecule has 15 heavy (non-hydrogen) atoms. The average Bonchev–Trinajstić information content (AvgIpc) is 2.20. The molecule has 1 heterocycles. The Bertz CT molecular complexity index is 249. The van der Waals surface area contributed by atoms with Gasteiger partial charge in [0.25, 0.3) is 0 Å². The Balaban J connectivity index is 2.66. The quantitative estimate of drug-likeness (QED) is 0.455. The lowest BCUT2D eigenvalue weighted by molar-refractivity contribution is -0.109. The lowest BCUT2D eigenvalue weighted by atomic mass is 9.71. The number of rotatable bonds is 3. The van der Waals surface area contributed by atoms with Gasteiger partial charge in [-0.05, 0) is 56.1 Å². The third kappa shape index (κ3) is 2.94. The predicted octanol–water partition coefficient (Wildman–Crippen LogP) is 2.82. The minimum atomic E-state index is -0.305. The molecule has 0 aliphatic carbocycles. The largest absolute Gasteiger partial charge is 0.461 e. The first-order chi connectivity index (χ1) is 6.66. The smallest absolute Gasteiger partial charge is 0.403 e. The van der Waals surface area contributed by atoms with Gasteiger partial charge in [-0.1, -0.05) is 6.92 Å². The van der Waals surface area contributed by atoms with Crippen molar-refractivity contribution in [3.63, 3.8) is 0 Å². The lowest BCUT2D eigenvalue weighted by Crippen LogP contribution is -2.41. The van der Waals surface area contributed by atoms with Crippen LogP contribution in [0.3, 0.4) is 0 Å². The van der Waals surface area contributed by atoms with Gasteiger partial charge < -0.3 is 9.31 Å². The van der Waals surface area contributed by atoms with Crippen molar-refractivity contribution in [3.05, 3.63) is 0 Å². The maximum absolute atomic E-state index is 11.0. The van der Waals surface area contributed by atoms with Crippen LogP contribution >= 0.6 is 22.6 Å². The number of hydrogen-bond acceptors (Lipinski definition) is 3. The molecule has 86 valence electrons. The minimum absolute atomic E-state index is 0.107. The van der Waals surface area contributed by atoms with E-state index in [4.69, 9.17) is 9.31 Å². The van der Waals surface area contributed by atoms with Crippen LogP contribution in [0.5, 0.6) is 0 Å². The summed E-state index contributed by atoms with van der Waals surface area (Å²) in [7, 11) is -0.270. The molecule has 1 saturated heterocycles. The fraction of sp³-hybridized carbons (Fsp3) is 0.900. The van der Waals surface area contributed by atoms with Crippen molar-refractivity contribution in [1.82, 2.24) is 0 Å². The van der Waals surface area contributed by atoms with Crippen LogP contribution in [0.2, 0.25) is 5.82 Å². The Hall–Kier alpha value is 0.385. The highest BCUT2D eigenvalue weighted by atomic mass is 127. The highest BCUT2D eigenvalue weighted by Crippen LogP contribution is 2.40. The molecular weight excluding hydrogens is 306 g/mol. The Morgan fingerprint density at radius 1 is 1.27 bits per heavy atom. The predicted molar refractivity (Wildman–Crippen MR) is 69.2 cm³/mol. The number of carbonyl (C=O) groups is 1. The topological polar surface area (TPSA) is 35.5 Å². The fourth-order valence-corrected chi connectivity index (χ4v) is 2.16. The van der Waals surface area contributed by atoms with Gasteiger partial charge in [0.05, 0.1) is 11.2 Å². The first-order valence-electron chi connectivity index (χ1n) is 5.20. The van der Waals surface area contributed by atoms with E-state index in [-0.39, 0.29) is 27.9 Å². The van der Waals surface area contributed by atoms with E-state index in [0.717, 1.165) is 0 Å². The number of halogens is 1. The van der Waals surface area contributed by atoms with Gasteiger partial charge in [-0.15, -0.1) is 0 Å². The van der Waals surface area contributed by atoms with Crippen LogP contribution in [0.4, 0.5) is 0 Å². The van der Waals surface area contributed by atoms with E-state index in [2.05, 4.69) is 0 Å². The summed E-state index contributed by atoms with van der Waals surface area (Å²) in [5, 5.41) is 0. The van der Waals surface area contributed by atoms with Crippen LogP contribution in [0.1, 0.15) is 41.0 Å². The molecule has 0 aromatic carbocycles. The van der Waals surface area contributed by atoms with Crippen LogP contribution in [-0.4, -0.2) is 22.1 Å². The maximum atomic E-state index is 11.0. The molecule has 3 nitrogen and oxygen atoms in total. The third-order valence-electron chi connectivity index (χ3n) is 3.22. The zero-order valence-corrected chi connectivity index (χ0v) is 12.1. The van der Waals surface area contributed by atoms with Gasteiger partial charge in [0.15, 0.2) is 3.79 Å². The Labute approximate surface area is 106 Å². The second kappa shape index (κ2) is 4.33. The number of carbonyl (C=O) groups excluding carboxylic acids is 1. The van der Waals surface area contributed by atoms with E-state index in [1.807, 2.05) is 57.2 Å². The molecule has 0 N–H and O–H groups in total. The molecule has 0 aromatic heterocycles. The molecular formula is C10H18BIO3. The molecule has 0 spiro atoms. The molecule has 1 unspecified atom stereocenters. The standard InChI is InChI=1S/C10H18BIO3/c1-7(6-8(12)13)11-14-9(2,3)10(4,5)15-11/h7H,6H2,1-5H3. The molecule has 1 aliphatic heterocycles. The van der Waals surface area contributed by atoms with E-state index >= 15 is 0 Å². The second-order valence-corrected chi connectivity index (χ2v) is 6.36. The summed E-state index contributed by atoms with van der Waals surface area (Å²) >= 11 is 1.81. The zero-order chi connectivity index (χ0) is 11.9. The molecule has 5 heteroatoms. The van der Waals surface area contributed by atoms with Crippen LogP contribution < -0.4 is 0 Å². The van der Waals surface area contributed by atoms with E-state index in [0.29, 0.717) is 6.42 Å². The maximum Gasteiger partial charge on any atom is 0.461 e. The average molecular weight is 324 g/mol. The third-order valence-corrected chi connectivity index (χ3v) is 3.66. The lowest BCUT2D eigenvalue weighted by Gasteiger charge is -2.32. The Kier molecular flexibility index (Phi) is 3.89. The fourth-order valence-electron chi connectivity index (χ4n) is 1.47. The highest BCUT2D eigenvalue weighted by molar-refractivity contribution is 14.1. The van der Waals surface area contributed by atoms with Crippen molar-refractivity contribution in [2.24, 2.45) is 0 Å². The van der Waals surface area contributed by atoms with E-state index < -0.39 is 0 Å². The van der Waals surface area contributed by atoms with Gasteiger partial charge in [-0.25, -0.2) is 0 Å². The summed E-state index contributed by atoms with van der Waals surface area (Å²) in [6, 6.07) is 0. The molecule has 0 radical (unpaired) electrons. The highest BCUT2D eigenvalue weighted by Gasteiger charge is 2.52. The van der Waals surface area contributed by atoms with E-state index in [9.17, 15) is 4.79 Å². The van der Waals surface area contributed by atoms with Crippen LogP contribution in [0, 0.1) is 0 Å². The Morgan fingerprint density at radius 3 is 2.00 bits per heavy atom. The molecule has 0 bridgehead atoms. The van der Waals surface area contributed by atoms with Gasteiger partial charge in [0, 0.05) is 6.42 Å². The SMILES string of the molecule is CC(CC(=O)I)B1OC(C)(C)C(C)(C)O1. The molecule has 1 rings (SSSR count). The van der Waals surface area contributed by atoms with Crippen LogP contribution in [0.25, 0.3) is 0 Å². The van der Waals surface area contributed by atoms with Crippen molar-refractivity contribution in [3.8, 4) is 0 Å².